The Labute approximate surface area is 192 Å². The zero-order valence-corrected chi connectivity index (χ0v) is 19.7. The maximum absolute atomic E-state index is 6.18. The van der Waals surface area contributed by atoms with Crippen molar-refractivity contribution in [1.29, 1.82) is 0 Å². The molecule has 2 atom stereocenters. The summed E-state index contributed by atoms with van der Waals surface area (Å²) in [5, 5.41) is 7.22. The lowest BCUT2D eigenvalue weighted by Gasteiger charge is -2.35. The van der Waals surface area contributed by atoms with Crippen molar-refractivity contribution in [3.05, 3.63) is 59.3 Å². The molecule has 172 valence electrons. The number of anilines is 1. The van der Waals surface area contributed by atoms with Crippen molar-refractivity contribution in [2.24, 2.45) is 10.9 Å². The first kappa shape index (κ1) is 22.6. The third-order valence-electron chi connectivity index (χ3n) is 6.64. The third kappa shape index (κ3) is 5.80. The molecule has 6 nitrogen and oxygen atoms in total. The number of aromatic nitrogens is 1. The molecule has 0 aliphatic carbocycles. The highest BCUT2D eigenvalue weighted by Crippen LogP contribution is 2.33. The lowest BCUT2D eigenvalue weighted by Crippen LogP contribution is -2.50. The lowest BCUT2D eigenvalue weighted by molar-refractivity contribution is -0.0265. The molecule has 32 heavy (non-hydrogen) atoms. The van der Waals surface area contributed by atoms with E-state index in [0.717, 1.165) is 63.0 Å². The second kappa shape index (κ2) is 10.8. The average molecular weight is 436 g/mol. The standard InChI is InChI=1S/C26H37N5O/c1-19-9-11-21(12-10-19)25-22(7-5-17-32-25)18-28-26(27-3)30-23-13-15-31(16-14-23)24-8-4-6-20(2)29-24/h4,6,8-12,22-23,25H,5,7,13-18H2,1-3H3,(H2,27,28,30). The van der Waals surface area contributed by atoms with E-state index in [-0.39, 0.29) is 6.10 Å². The minimum Gasteiger partial charge on any atom is -0.373 e. The molecule has 2 N–H and O–H groups in total. The number of rotatable bonds is 5. The molecule has 0 bridgehead atoms. The first-order chi connectivity index (χ1) is 15.6. The zero-order valence-electron chi connectivity index (χ0n) is 19.7. The van der Waals surface area contributed by atoms with Gasteiger partial charge in [0.1, 0.15) is 5.82 Å². The van der Waals surface area contributed by atoms with Gasteiger partial charge in [-0.2, -0.15) is 0 Å². The van der Waals surface area contributed by atoms with Crippen LogP contribution in [0.5, 0.6) is 0 Å². The van der Waals surface area contributed by atoms with Gasteiger partial charge < -0.3 is 20.3 Å². The van der Waals surface area contributed by atoms with Crippen LogP contribution in [0.25, 0.3) is 0 Å². The number of hydrogen-bond donors (Lipinski definition) is 2. The maximum Gasteiger partial charge on any atom is 0.191 e. The van der Waals surface area contributed by atoms with Gasteiger partial charge in [-0.3, -0.25) is 4.99 Å². The van der Waals surface area contributed by atoms with Gasteiger partial charge in [0.2, 0.25) is 0 Å². The molecule has 4 rings (SSSR count). The molecular weight excluding hydrogens is 398 g/mol. The number of nitrogens with one attached hydrogen (secondary N) is 2. The highest BCUT2D eigenvalue weighted by molar-refractivity contribution is 5.80. The normalized spacial score (nSPS) is 22.6. The molecule has 0 saturated carbocycles. The minimum atomic E-state index is 0.153. The quantitative estimate of drug-likeness (QED) is 0.549. The molecule has 0 spiro atoms. The smallest absolute Gasteiger partial charge is 0.191 e. The van der Waals surface area contributed by atoms with E-state index >= 15 is 0 Å². The van der Waals surface area contributed by atoms with Crippen molar-refractivity contribution in [3.8, 4) is 0 Å². The van der Waals surface area contributed by atoms with Gasteiger partial charge in [0.05, 0.1) is 6.10 Å². The van der Waals surface area contributed by atoms with E-state index in [1.165, 1.54) is 17.5 Å². The van der Waals surface area contributed by atoms with Crippen LogP contribution in [0.15, 0.2) is 47.5 Å². The Balaban J connectivity index is 1.28. The predicted octanol–water partition coefficient (Wildman–Crippen LogP) is 4.00. The highest BCUT2D eigenvalue weighted by atomic mass is 16.5. The van der Waals surface area contributed by atoms with Crippen LogP contribution in [0.1, 0.15) is 48.6 Å². The summed E-state index contributed by atoms with van der Waals surface area (Å²) in [6.07, 6.45) is 4.60. The number of aryl methyl sites for hydroxylation is 2. The van der Waals surface area contributed by atoms with Gasteiger partial charge >= 0.3 is 0 Å². The van der Waals surface area contributed by atoms with Crippen LogP contribution >= 0.6 is 0 Å². The van der Waals surface area contributed by atoms with Gasteiger partial charge in [0.25, 0.3) is 0 Å². The monoisotopic (exact) mass is 435 g/mol. The van der Waals surface area contributed by atoms with Crippen LogP contribution < -0.4 is 15.5 Å². The van der Waals surface area contributed by atoms with Crippen molar-refractivity contribution < 1.29 is 4.74 Å². The summed E-state index contributed by atoms with van der Waals surface area (Å²) in [4.78, 5) is 11.5. The number of benzene rings is 1. The highest BCUT2D eigenvalue weighted by Gasteiger charge is 2.28. The van der Waals surface area contributed by atoms with Gasteiger partial charge in [-0.25, -0.2) is 4.98 Å². The largest absolute Gasteiger partial charge is 0.373 e. The molecule has 2 fully saturated rings. The maximum atomic E-state index is 6.18. The Hall–Kier alpha value is -2.60. The predicted molar refractivity (Wildman–Crippen MR) is 131 cm³/mol. The van der Waals surface area contributed by atoms with Crippen molar-refractivity contribution in [2.75, 3.05) is 38.2 Å². The molecule has 6 heteroatoms. The lowest BCUT2D eigenvalue weighted by atomic mass is 9.89. The summed E-state index contributed by atoms with van der Waals surface area (Å²) in [5.41, 5.74) is 3.64. The second-order valence-corrected chi connectivity index (χ2v) is 9.10. The summed E-state index contributed by atoms with van der Waals surface area (Å²) in [5.74, 6) is 2.43. The zero-order chi connectivity index (χ0) is 22.3. The van der Waals surface area contributed by atoms with E-state index in [1.54, 1.807) is 0 Å². The first-order valence-electron chi connectivity index (χ1n) is 12.0. The number of nitrogens with zero attached hydrogens (tertiary/aromatic N) is 3. The number of piperidine rings is 1. The summed E-state index contributed by atoms with van der Waals surface area (Å²) in [6.45, 7) is 7.91. The number of hydrogen-bond acceptors (Lipinski definition) is 4. The molecule has 0 amide bonds. The van der Waals surface area contributed by atoms with E-state index in [0.29, 0.717) is 12.0 Å². The molecule has 2 aliphatic heterocycles. The van der Waals surface area contributed by atoms with Crippen molar-refractivity contribution in [1.82, 2.24) is 15.6 Å². The molecule has 2 aromatic rings. The van der Waals surface area contributed by atoms with Crippen LogP contribution in [0.2, 0.25) is 0 Å². The third-order valence-corrected chi connectivity index (χ3v) is 6.64. The number of pyridine rings is 1. The summed E-state index contributed by atoms with van der Waals surface area (Å²) >= 11 is 0. The summed E-state index contributed by atoms with van der Waals surface area (Å²) < 4.78 is 6.18. The number of guanidine groups is 1. The number of ether oxygens (including phenoxy) is 1. The SMILES string of the molecule is CN=C(NCC1CCCOC1c1ccc(C)cc1)NC1CCN(c2cccc(C)n2)CC1. The fourth-order valence-corrected chi connectivity index (χ4v) is 4.75. The van der Waals surface area contributed by atoms with E-state index in [4.69, 9.17) is 4.74 Å². The number of aliphatic imine (C=N–C) groups is 1. The minimum absolute atomic E-state index is 0.153. The second-order valence-electron chi connectivity index (χ2n) is 9.10. The fourth-order valence-electron chi connectivity index (χ4n) is 4.75. The van der Waals surface area contributed by atoms with Crippen LogP contribution in [-0.4, -0.2) is 50.3 Å². The molecule has 0 radical (unpaired) electrons. The van der Waals surface area contributed by atoms with E-state index in [1.807, 2.05) is 20.0 Å². The Bertz CT molecular complexity index is 889. The van der Waals surface area contributed by atoms with Gasteiger partial charge in [-0.05, 0) is 57.2 Å². The molecular formula is C26H37N5O. The van der Waals surface area contributed by atoms with Crippen LogP contribution in [-0.2, 0) is 4.74 Å². The molecule has 2 unspecified atom stereocenters. The van der Waals surface area contributed by atoms with Crippen LogP contribution in [0, 0.1) is 19.8 Å². The van der Waals surface area contributed by atoms with Crippen molar-refractivity contribution in [3.63, 3.8) is 0 Å². The molecule has 2 aliphatic rings. The van der Waals surface area contributed by atoms with Crippen LogP contribution in [0.3, 0.4) is 0 Å². The van der Waals surface area contributed by atoms with E-state index in [9.17, 15) is 0 Å². The Kier molecular flexibility index (Phi) is 7.63. The average Bonchev–Trinajstić information content (AvgIpc) is 2.83. The van der Waals surface area contributed by atoms with Gasteiger partial charge in [-0.15, -0.1) is 0 Å². The fraction of sp³-hybridized carbons (Fsp3) is 0.538. The van der Waals surface area contributed by atoms with Crippen molar-refractivity contribution in [2.45, 2.75) is 51.7 Å². The van der Waals surface area contributed by atoms with Crippen molar-refractivity contribution >= 4 is 11.8 Å². The van der Waals surface area contributed by atoms with Gasteiger partial charge in [0, 0.05) is 50.9 Å². The Morgan fingerprint density at radius 1 is 1.09 bits per heavy atom. The molecule has 3 heterocycles. The molecule has 2 saturated heterocycles. The summed E-state index contributed by atoms with van der Waals surface area (Å²) in [6, 6.07) is 15.5. The van der Waals surface area contributed by atoms with E-state index in [2.05, 4.69) is 68.8 Å². The van der Waals surface area contributed by atoms with Gasteiger partial charge in [-0.1, -0.05) is 35.9 Å². The molecule has 1 aromatic heterocycles. The van der Waals surface area contributed by atoms with E-state index < -0.39 is 0 Å². The van der Waals surface area contributed by atoms with Crippen LogP contribution in [0.4, 0.5) is 5.82 Å². The molecule has 1 aromatic carbocycles. The summed E-state index contributed by atoms with van der Waals surface area (Å²) in [7, 11) is 1.86. The Morgan fingerprint density at radius 2 is 1.88 bits per heavy atom. The van der Waals surface area contributed by atoms with Gasteiger partial charge in [0.15, 0.2) is 5.96 Å². The first-order valence-corrected chi connectivity index (χ1v) is 12.0. The topological polar surface area (TPSA) is 61.8 Å². The Morgan fingerprint density at radius 3 is 2.59 bits per heavy atom.